The number of aromatic nitrogens is 4. The van der Waals surface area contributed by atoms with Crippen LogP contribution < -0.4 is 4.74 Å². The Morgan fingerprint density at radius 1 is 0.966 bits per heavy atom. The van der Waals surface area contributed by atoms with E-state index in [9.17, 15) is 0 Å². The zero-order chi connectivity index (χ0) is 20.1. The molecule has 0 aromatic carbocycles. The van der Waals surface area contributed by atoms with Gasteiger partial charge in [-0.15, -0.1) is 11.8 Å². The number of hydrogen-bond acceptors (Lipinski definition) is 6. The smallest absolute Gasteiger partial charge is 0.129 e. The van der Waals surface area contributed by atoms with E-state index in [4.69, 9.17) is 9.72 Å². The third kappa shape index (κ3) is 4.93. The molecule has 0 saturated heterocycles. The van der Waals surface area contributed by atoms with Crippen LogP contribution in [0.25, 0.3) is 11.1 Å². The highest BCUT2D eigenvalue weighted by molar-refractivity contribution is 7.98. The number of nitrogens with zero attached hydrogens (tertiary/aromatic N) is 4. The Kier molecular flexibility index (Phi) is 6.39. The van der Waals surface area contributed by atoms with Crippen LogP contribution in [-0.4, -0.2) is 33.3 Å². The van der Waals surface area contributed by atoms with Crippen LogP contribution in [0.5, 0.6) is 5.75 Å². The molecule has 0 unspecified atom stereocenters. The van der Waals surface area contributed by atoms with E-state index in [2.05, 4.69) is 27.1 Å². The van der Waals surface area contributed by atoms with Crippen molar-refractivity contribution in [3.63, 3.8) is 0 Å². The van der Waals surface area contributed by atoms with Crippen molar-refractivity contribution in [1.82, 2.24) is 19.9 Å². The lowest BCUT2D eigenvalue weighted by atomic mass is 9.97. The summed E-state index contributed by atoms with van der Waals surface area (Å²) in [4.78, 5) is 19.1. The number of ether oxygens (including phenoxy) is 1. The third-order valence-electron chi connectivity index (χ3n) is 5.67. The normalized spacial score (nSPS) is 18.7. The molecule has 0 bridgehead atoms. The second kappa shape index (κ2) is 9.35. The first-order valence-electron chi connectivity index (χ1n) is 10.0. The van der Waals surface area contributed by atoms with Gasteiger partial charge < -0.3 is 4.74 Å². The molecule has 6 heteroatoms. The monoisotopic (exact) mass is 406 g/mol. The molecule has 0 aliphatic heterocycles. The average molecular weight is 407 g/mol. The Balaban J connectivity index is 1.34. The van der Waals surface area contributed by atoms with E-state index in [0.29, 0.717) is 11.8 Å². The summed E-state index contributed by atoms with van der Waals surface area (Å²) in [5.41, 5.74) is 3.17. The molecule has 1 saturated carbocycles. The molecule has 3 aromatic heterocycles. The number of thioether (sulfide) groups is 1. The van der Waals surface area contributed by atoms with E-state index < -0.39 is 0 Å². The number of methoxy groups -OCH3 is 1. The fraction of sp³-hybridized carbons (Fsp3) is 0.391. The minimum absolute atomic E-state index is 0.680. The van der Waals surface area contributed by atoms with Crippen molar-refractivity contribution in [2.24, 2.45) is 11.8 Å². The van der Waals surface area contributed by atoms with Crippen LogP contribution >= 0.6 is 11.8 Å². The Hall–Kier alpha value is -2.47. The van der Waals surface area contributed by atoms with E-state index in [-0.39, 0.29) is 0 Å². The van der Waals surface area contributed by atoms with Crippen molar-refractivity contribution in [3.05, 3.63) is 60.7 Å². The molecule has 5 nitrogen and oxygen atoms in total. The Bertz CT molecular complexity index is 930. The molecular weight excluding hydrogens is 380 g/mol. The van der Waals surface area contributed by atoms with E-state index in [1.54, 1.807) is 25.1 Å². The van der Waals surface area contributed by atoms with Gasteiger partial charge in [-0.2, -0.15) is 0 Å². The van der Waals surface area contributed by atoms with Gasteiger partial charge in [0.15, 0.2) is 0 Å². The summed E-state index contributed by atoms with van der Waals surface area (Å²) in [5, 5.41) is 0. The Morgan fingerprint density at radius 3 is 2.45 bits per heavy atom. The third-order valence-corrected chi connectivity index (χ3v) is 6.36. The second-order valence-electron chi connectivity index (χ2n) is 7.61. The molecule has 0 radical (unpaired) electrons. The molecule has 0 N–H and O–H groups in total. The summed E-state index contributed by atoms with van der Waals surface area (Å²) in [7, 11) is 1.68. The standard InChI is InChI=1S/C23H26N4OS/c1-28-22-7-8-24-15-21(22)18-5-6-19(25-12-18)10-16-3-4-17(9-16)11-23-26-13-20(29-2)14-27-23/h5-8,12-17H,3-4,9-11H2,1-2H3/t16-,17-/m0/s1. The summed E-state index contributed by atoms with van der Waals surface area (Å²) >= 11 is 1.68. The van der Waals surface area contributed by atoms with E-state index in [1.807, 2.05) is 37.1 Å². The molecule has 0 amide bonds. The molecule has 150 valence electrons. The Morgan fingerprint density at radius 2 is 1.76 bits per heavy atom. The highest BCUT2D eigenvalue weighted by Crippen LogP contribution is 2.35. The highest BCUT2D eigenvalue weighted by atomic mass is 32.2. The summed E-state index contributed by atoms with van der Waals surface area (Å²) in [6, 6.07) is 6.13. The van der Waals surface area contributed by atoms with Crippen molar-refractivity contribution >= 4 is 11.8 Å². The number of rotatable bonds is 7. The molecule has 1 fully saturated rings. The zero-order valence-electron chi connectivity index (χ0n) is 16.9. The van der Waals surface area contributed by atoms with Gasteiger partial charge in [-0.3, -0.25) is 9.97 Å². The lowest BCUT2D eigenvalue weighted by Gasteiger charge is -2.12. The van der Waals surface area contributed by atoms with Crippen LogP contribution in [0.2, 0.25) is 0 Å². The number of hydrogen-bond donors (Lipinski definition) is 0. The minimum atomic E-state index is 0.680. The van der Waals surface area contributed by atoms with Crippen LogP contribution in [0.15, 0.2) is 54.1 Å². The van der Waals surface area contributed by atoms with E-state index in [1.165, 1.54) is 19.3 Å². The lowest BCUT2D eigenvalue weighted by molar-refractivity contribution is 0.416. The molecule has 3 heterocycles. The topological polar surface area (TPSA) is 60.8 Å². The maximum Gasteiger partial charge on any atom is 0.129 e. The van der Waals surface area contributed by atoms with Gasteiger partial charge in [-0.1, -0.05) is 6.07 Å². The maximum atomic E-state index is 5.43. The van der Waals surface area contributed by atoms with Crippen molar-refractivity contribution in [1.29, 1.82) is 0 Å². The van der Waals surface area contributed by atoms with Gasteiger partial charge in [0.1, 0.15) is 11.6 Å². The van der Waals surface area contributed by atoms with E-state index in [0.717, 1.165) is 46.1 Å². The van der Waals surface area contributed by atoms with Crippen molar-refractivity contribution in [2.75, 3.05) is 13.4 Å². The van der Waals surface area contributed by atoms with Gasteiger partial charge in [-0.25, -0.2) is 9.97 Å². The SMILES string of the molecule is COc1ccncc1-c1ccc(C[C@H]2CC[C@H](Cc3ncc(SC)cn3)C2)nc1. The molecule has 1 aliphatic carbocycles. The predicted molar refractivity (Wildman–Crippen MR) is 116 cm³/mol. The number of pyridine rings is 2. The van der Waals surface area contributed by atoms with Crippen molar-refractivity contribution in [2.45, 2.75) is 37.0 Å². The summed E-state index contributed by atoms with van der Waals surface area (Å²) < 4.78 is 5.43. The summed E-state index contributed by atoms with van der Waals surface area (Å²) in [6.07, 6.45) is 17.2. The van der Waals surface area contributed by atoms with Crippen LogP contribution in [0, 0.1) is 11.8 Å². The molecule has 3 aromatic rings. The molecule has 2 atom stereocenters. The zero-order valence-corrected chi connectivity index (χ0v) is 17.7. The average Bonchev–Trinajstić information content (AvgIpc) is 3.21. The van der Waals surface area contributed by atoms with Gasteiger partial charge in [0.05, 0.1) is 7.11 Å². The predicted octanol–water partition coefficient (Wildman–Crippen LogP) is 4.87. The second-order valence-corrected chi connectivity index (χ2v) is 8.49. The lowest BCUT2D eigenvalue weighted by Crippen LogP contribution is -2.06. The van der Waals surface area contributed by atoms with E-state index >= 15 is 0 Å². The first-order chi connectivity index (χ1) is 14.2. The van der Waals surface area contributed by atoms with Crippen molar-refractivity contribution < 1.29 is 4.74 Å². The quantitative estimate of drug-likeness (QED) is 0.522. The summed E-state index contributed by atoms with van der Waals surface area (Å²) in [5.74, 6) is 3.16. The fourth-order valence-electron chi connectivity index (χ4n) is 4.14. The van der Waals surface area contributed by atoms with Crippen LogP contribution in [0.4, 0.5) is 0 Å². The minimum Gasteiger partial charge on any atom is -0.496 e. The van der Waals surface area contributed by atoms with Crippen LogP contribution in [0.3, 0.4) is 0 Å². The van der Waals surface area contributed by atoms with Gasteiger partial charge in [0, 0.05) is 59.1 Å². The van der Waals surface area contributed by atoms with Gasteiger partial charge >= 0.3 is 0 Å². The summed E-state index contributed by atoms with van der Waals surface area (Å²) in [6.45, 7) is 0. The highest BCUT2D eigenvalue weighted by Gasteiger charge is 2.26. The molecule has 29 heavy (non-hydrogen) atoms. The van der Waals surface area contributed by atoms with Crippen LogP contribution in [-0.2, 0) is 12.8 Å². The van der Waals surface area contributed by atoms with Gasteiger partial charge in [0.2, 0.25) is 0 Å². The first-order valence-corrected chi connectivity index (χ1v) is 11.3. The molecule has 4 rings (SSSR count). The van der Waals surface area contributed by atoms with Crippen molar-refractivity contribution in [3.8, 4) is 16.9 Å². The molecular formula is C23H26N4OS. The molecule has 0 spiro atoms. The molecule has 1 aliphatic rings. The fourth-order valence-corrected chi connectivity index (χ4v) is 4.45. The first kappa shape index (κ1) is 19.8. The van der Waals surface area contributed by atoms with Gasteiger partial charge in [-0.05, 0) is 55.9 Å². The maximum absolute atomic E-state index is 5.43. The van der Waals surface area contributed by atoms with Crippen LogP contribution in [0.1, 0.15) is 30.8 Å². The van der Waals surface area contributed by atoms with Gasteiger partial charge in [0.25, 0.3) is 0 Å². The largest absolute Gasteiger partial charge is 0.496 e. The Labute approximate surface area is 176 Å².